The van der Waals surface area contributed by atoms with Gasteiger partial charge in [0.1, 0.15) is 0 Å². The minimum atomic E-state index is -3.21. The minimum Gasteiger partial charge on any atom is -0.393 e. The Kier molecular flexibility index (Phi) is 3.48. The van der Waals surface area contributed by atoms with Crippen LogP contribution in [0, 0.1) is 0 Å². The Morgan fingerprint density at radius 1 is 1.40 bits per heavy atom. The van der Waals surface area contributed by atoms with Crippen LogP contribution in [0.2, 0.25) is 0 Å². The third-order valence-electron chi connectivity index (χ3n) is 2.98. The quantitative estimate of drug-likeness (QED) is 0.775. The number of rotatable bonds is 2. The lowest BCUT2D eigenvalue weighted by Gasteiger charge is -2.43. The van der Waals surface area contributed by atoms with E-state index in [1.54, 1.807) is 13.8 Å². The fourth-order valence-electron chi connectivity index (χ4n) is 2.08. The molecule has 0 aromatic rings. The number of aliphatic hydroxyl groups excluding tert-OH is 1. The molecule has 1 fully saturated rings. The molecule has 15 heavy (non-hydrogen) atoms. The fraction of sp³-hybridized carbons (Fsp3) is 1.00. The maximum Gasteiger partial charge on any atom is 0.216 e. The van der Waals surface area contributed by atoms with Gasteiger partial charge in [0.25, 0.3) is 0 Å². The highest BCUT2D eigenvalue weighted by atomic mass is 32.2. The Morgan fingerprint density at radius 3 is 2.33 bits per heavy atom. The molecule has 1 aliphatic heterocycles. The second-order valence-electron chi connectivity index (χ2n) is 5.12. The first kappa shape index (κ1) is 12.9. The van der Waals surface area contributed by atoms with Gasteiger partial charge < -0.3 is 5.11 Å². The summed E-state index contributed by atoms with van der Waals surface area (Å²) in [6.07, 6.45) is 0.674. The average molecular weight is 235 g/mol. The van der Waals surface area contributed by atoms with Crippen molar-refractivity contribution in [3.05, 3.63) is 0 Å². The molecule has 0 aromatic heterocycles. The lowest BCUT2D eigenvalue weighted by molar-refractivity contribution is 0.0441. The van der Waals surface area contributed by atoms with E-state index in [1.165, 1.54) is 4.31 Å². The normalized spacial score (nSPS) is 28.3. The molecule has 0 amide bonds. The summed E-state index contributed by atoms with van der Waals surface area (Å²) in [5.41, 5.74) is -0.471. The fourth-order valence-corrected chi connectivity index (χ4v) is 3.71. The van der Waals surface area contributed by atoms with Crippen LogP contribution in [-0.2, 0) is 10.0 Å². The van der Waals surface area contributed by atoms with Crippen molar-refractivity contribution in [2.45, 2.75) is 57.4 Å². The number of nitrogens with zero attached hydrogens (tertiary/aromatic N) is 1. The van der Waals surface area contributed by atoms with Crippen molar-refractivity contribution in [3.8, 4) is 0 Å². The van der Waals surface area contributed by atoms with Gasteiger partial charge in [-0.1, -0.05) is 0 Å². The largest absolute Gasteiger partial charge is 0.393 e. The first-order valence-electron chi connectivity index (χ1n) is 5.37. The van der Waals surface area contributed by atoms with E-state index >= 15 is 0 Å². The highest BCUT2D eigenvalue weighted by Gasteiger charge is 2.41. The summed E-state index contributed by atoms with van der Waals surface area (Å²) < 4.78 is 25.6. The van der Waals surface area contributed by atoms with Gasteiger partial charge in [-0.2, -0.15) is 4.31 Å². The van der Waals surface area contributed by atoms with Crippen molar-refractivity contribution < 1.29 is 13.5 Å². The third-order valence-corrected chi connectivity index (χ3v) is 5.46. The number of hydrogen-bond donors (Lipinski definition) is 1. The summed E-state index contributed by atoms with van der Waals surface area (Å²) in [7, 11) is -3.21. The molecule has 0 saturated carbocycles. The predicted molar refractivity (Wildman–Crippen MR) is 60.1 cm³/mol. The van der Waals surface area contributed by atoms with Crippen LogP contribution in [0.15, 0.2) is 0 Å². The first-order valence-corrected chi connectivity index (χ1v) is 6.88. The molecule has 1 atom stereocenters. The van der Waals surface area contributed by atoms with E-state index in [1.807, 2.05) is 13.8 Å². The van der Waals surface area contributed by atoms with E-state index < -0.39 is 20.8 Å². The van der Waals surface area contributed by atoms with Gasteiger partial charge in [0.15, 0.2) is 0 Å². The van der Waals surface area contributed by atoms with Crippen LogP contribution >= 0.6 is 0 Å². The summed E-state index contributed by atoms with van der Waals surface area (Å²) in [5, 5.41) is 9.15. The Bertz CT molecular complexity index is 322. The van der Waals surface area contributed by atoms with E-state index in [2.05, 4.69) is 0 Å². The van der Waals surface area contributed by atoms with Crippen LogP contribution in [0.5, 0.6) is 0 Å². The zero-order chi connectivity index (χ0) is 11.9. The maximum absolute atomic E-state index is 12.1. The zero-order valence-electron chi connectivity index (χ0n) is 9.90. The summed E-state index contributed by atoms with van der Waals surface area (Å²) in [6, 6.07) is 0. The molecule has 5 heteroatoms. The molecule has 90 valence electrons. The molecule has 4 nitrogen and oxygen atoms in total. The van der Waals surface area contributed by atoms with E-state index in [9.17, 15) is 13.5 Å². The second kappa shape index (κ2) is 4.03. The molecule has 0 aromatic carbocycles. The molecule has 0 spiro atoms. The monoisotopic (exact) mass is 235 g/mol. The van der Waals surface area contributed by atoms with Crippen LogP contribution in [0.4, 0.5) is 0 Å². The van der Waals surface area contributed by atoms with Gasteiger partial charge in [-0.05, 0) is 40.5 Å². The summed E-state index contributed by atoms with van der Waals surface area (Å²) in [5.74, 6) is 0. The van der Waals surface area contributed by atoms with Gasteiger partial charge in [-0.25, -0.2) is 8.42 Å². The van der Waals surface area contributed by atoms with E-state index in [0.29, 0.717) is 19.4 Å². The molecule has 1 N–H and O–H groups in total. The molecular weight excluding hydrogens is 214 g/mol. The van der Waals surface area contributed by atoms with E-state index in [0.717, 1.165) is 0 Å². The van der Waals surface area contributed by atoms with Crippen molar-refractivity contribution in [3.63, 3.8) is 0 Å². The highest BCUT2D eigenvalue weighted by molar-refractivity contribution is 7.89. The highest BCUT2D eigenvalue weighted by Crippen LogP contribution is 2.31. The van der Waals surface area contributed by atoms with Gasteiger partial charge in [0.2, 0.25) is 10.0 Å². The Hall–Kier alpha value is -0.130. The number of piperidine rings is 1. The maximum atomic E-state index is 12.1. The van der Waals surface area contributed by atoms with Crippen molar-refractivity contribution in [2.24, 2.45) is 0 Å². The third kappa shape index (κ3) is 2.52. The summed E-state index contributed by atoms with van der Waals surface area (Å²) in [6.45, 7) is 7.55. The van der Waals surface area contributed by atoms with E-state index in [4.69, 9.17) is 0 Å². The van der Waals surface area contributed by atoms with Gasteiger partial charge in [0, 0.05) is 12.1 Å². The molecular formula is C10H21NO3S. The molecule has 1 aliphatic rings. The van der Waals surface area contributed by atoms with Crippen molar-refractivity contribution in [1.29, 1.82) is 0 Å². The van der Waals surface area contributed by atoms with Crippen LogP contribution in [0.1, 0.15) is 40.5 Å². The Labute approximate surface area is 92.3 Å². The lowest BCUT2D eigenvalue weighted by atomic mass is 9.91. The molecule has 1 rings (SSSR count). The molecule has 0 aliphatic carbocycles. The van der Waals surface area contributed by atoms with Gasteiger partial charge in [-0.15, -0.1) is 0 Å². The topological polar surface area (TPSA) is 57.6 Å². The minimum absolute atomic E-state index is 0.376. The second-order valence-corrected chi connectivity index (χ2v) is 7.54. The predicted octanol–water partition coefficient (Wildman–Crippen LogP) is 0.960. The van der Waals surface area contributed by atoms with Crippen LogP contribution in [0.3, 0.4) is 0 Å². The summed E-state index contributed by atoms with van der Waals surface area (Å²) >= 11 is 0. The average Bonchev–Trinajstić information content (AvgIpc) is 2.00. The first-order chi connectivity index (χ1) is 6.68. The van der Waals surface area contributed by atoms with E-state index in [-0.39, 0.29) is 6.10 Å². The molecule has 1 unspecified atom stereocenters. The smallest absolute Gasteiger partial charge is 0.216 e. The van der Waals surface area contributed by atoms with Crippen LogP contribution < -0.4 is 0 Å². The van der Waals surface area contributed by atoms with Gasteiger partial charge >= 0.3 is 0 Å². The summed E-state index contributed by atoms with van der Waals surface area (Å²) in [4.78, 5) is 0. The van der Waals surface area contributed by atoms with Crippen molar-refractivity contribution >= 4 is 10.0 Å². The van der Waals surface area contributed by atoms with Gasteiger partial charge in [-0.3, -0.25) is 0 Å². The molecule has 1 saturated heterocycles. The van der Waals surface area contributed by atoms with Gasteiger partial charge in [0.05, 0.1) is 11.4 Å². The Morgan fingerprint density at radius 2 is 1.93 bits per heavy atom. The number of aliphatic hydroxyl groups is 1. The SMILES string of the molecule is CC(C)S(=O)(=O)N1CCC(O)CC1(C)C. The standard InChI is InChI=1S/C10H21NO3S/c1-8(2)15(13,14)11-6-5-9(12)7-10(11,3)4/h8-9,12H,5-7H2,1-4H3. The van der Waals surface area contributed by atoms with Crippen molar-refractivity contribution in [2.75, 3.05) is 6.54 Å². The Balaban J connectivity index is 2.97. The van der Waals surface area contributed by atoms with Crippen molar-refractivity contribution in [1.82, 2.24) is 4.31 Å². The number of sulfonamides is 1. The zero-order valence-corrected chi connectivity index (χ0v) is 10.7. The lowest BCUT2D eigenvalue weighted by Crippen LogP contribution is -2.55. The molecule has 0 bridgehead atoms. The van der Waals surface area contributed by atoms with Crippen LogP contribution in [0.25, 0.3) is 0 Å². The molecule has 0 radical (unpaired) electrons. The molecule has 1 heterocycles. The number of hydrogen-bond acceptors (Lipinski definition) is 3. The van der Waals surface area contributed by atoms with Crippen LogP contribution in [-0.4, -0.2) is 41.3 Å².